The monoisotopic (exact) mass is 445 g/mol. The van der Waals surface area contributed by atoms with Crippen LogP contribution in [0.2, 0.25) is 0 Å². The molecule has 0 aromatic heterocycles. The molecule has 4 rings (SSSR count). The van der Waals surface area contributed by atoms with Crippen molar-refractivity contribution in [3.05, 3.63) is 47.7 Å². The topological polar surface area (TPSA) is 27.3 Å². The van der Waals surface area contributed by atoms with Gasteiger partial charge in [0.15, 0.2) is 0 Å². The van der Waals surface area contributed by atoms with Gasteiger partial charge in [-0.05, 0) is 55.9 Å². The summed E-state index contributed by atoms with van der Waals surface area (Å²) in [7, 11) is 0. The van der Waals surface area contributed by atoms with Gasteiger partial charge in [-0.15, -0.1) is 0 Å². The van der Waals surface area contributed by atoms with E-state index in [1.165, 1.54) is 44.2 Å². The highest BCUT2D eigenvalue weighted by molar-refractivity contribution is 7.81. The largest absolute Gasteiger partial charge is 0.416 e. The number of alkyl halides is 3. The Hall–Kier alpha value is -2.46. The third-order valence-electron chi connectivity index (χ3n) is 6.36. The van der Waals surface area contributed by atoms with E-state index in [1.54, 1.807) is 24.4 Å². The Labute approximate surface area is 186 Å². The van der Waals surface area contributed by atoms with E-state index in [2.05, 4.69) is 27.5 Å². The predicted molar refractivity (Wildman–Crippen MR) is 123 cm³/mol. The third kappa shape index (κ3) is 5.07. The van der Waals surface area contributed by atoms with Crippen LogP contribution < -0.4 is 15.5 Å². The molecule has 1 aliphatic carbocycles. The summed E-state index contributed by atoms with van der Waals surface area (Å²) in [5.41, 5.74) is 1.18. The van der Waals surface area contributed by atoms with Crippen LogP contribution in [0.4, 0.5) is 24.5 Å². The summed E-state index contributed by atoms with van der Waals surface area (Å²) in [6.07, 6.45) is 8.84. The molecule has 0 radical (unpaired) electrons. The number of allylic oxidation sites excluding steroid dienone is 1. The molecule has 7 heteroatoms. The number of piperidine rings is 1. The van der Waals surface area contributed by atoms with Gasteiger partial charge in [-0.25, -0.2) is 0 Å². The van der Waals surface area contributed by atoms with Crippen molar-refractivity contribution in [3.63, 3.8) is 0 Å². The number of rotatable bonds is 3. The second-order valence-electron chi connectivity index (χ2n) is 8.33. The minimum atomic E-state index is -4.42. The van der Waals surface area contributed by atoms with Gasteiger partial charge in [-0.2, -0.15) is 13.2 Å². The van der Waals surface area contributed by atoms with Crippen molar-refractivity contribution >= 4 is 28.6 Å². The number of fused-ring (bicyclic) bond motifs is 1. The predicted octanol–water partition coefficient (Wildman–Crippen LogP) is 6.00. The Bertz CT molecular complexity index is 955. The molecule has 1 unspecified atom stereocenters. The van der Waals surface area contributed by atoms with Crippen molar-refractivity contribution in [2.45, 2.75) is 57.2 Å². The van der Waals surface area contributed by atoms with Gasteiger partial charge < -0.3 is 15.5 Å². The molecule has 0 amide bonds. The molecule has 3 aliphatic rings. The number of nitrogens with one attached hydrogen (secondary N) is 2. The fourth-order valence-corrected chi connectivity index (χ4v) is 5.11. The first-order valence-electron chi connectivity index (χ1n) is 10.9. The minimum Gasteiger partial charge on any atom is -0.367 e. The van der Waals surface area contributed by atoms with Gasteiger partial charge in [0.05, 0.1) is 16.9 Å². The van der Waals surface area contributed by atoms with Crippen molar-refractivity contribution in [2.24, 2.45) is 5.92 Å². The lowest BCUT2D eigenvalue weighted by atomic mass is 9.85. The van der Waals surface area contributed by atoms with E-state index < -0.39 is 11.7 Å². The van der Waals surface area contributed by atoms with E-state index >= 15 is 0 Å². The number of anilines is 2. The zero-order valence-corrected chi connectivity index (χ0v) is 18.1. The van der Waals surface area contributed by atoms with E-state index in [0.717, 1.165) is 25.1 Å². The number of hydrogen-bond acceptors (Lipinski definition) is 3. The molecular weight excluding hydrogens is 419 g/mol. The molecule has 3 nitrogen and oxygen atoms in total. The van der Waals surface area contributed by atoms with Gasteiger partial charge in [0.25, 0.3) is 0 Å². The smallest absolute Gasteiger partial charge is 0.367 e. The van der Waals surface area contributed by atoms with E-state index in [4.69, 9.17) is 12.2 Å². The van der Waals surface area contributed by atoms with Crippen molar-refractivity contribution in [2.75, 3.05) is 16.8 Å². The SMILES string of the molecule is FC(F)(F)c1ccc(N2CCCC3CCCCC[C@@H]32)c(NC(=S)C2=CC#CNC=C2)c1. The first kappa shape index (κ1) is 21.8. The van der Waals surface area contributed by atoms with Crippen LogP contribution in [0.25, 0.3) is 0 Å². The molecular formula is C24H26F3N3S. The zero-order chi connectivity index (χ0) is 21.8. The second kappa shape index (κ2) is 9.35. The molecule has 1 aromatic carbocycles. The summed E-state index contributed by atoms with van der Waals surface area (Å²) in [6, 6.07) is 7.07. The molecule has 2 heterocycles. The molecule has 1 aromatic rings. The average Bonchev–Trinajstić information content (AvgIpc) is 3.16. The summed E-state index contributed by atoms with van der Waals surface area (Å²) in [5.74, 6) is 3.42. The van der Waals surface area contributed by atoms with Gasteiger partial charge in [-0.3, -0.25) is 0 Å². The lowest BCUT2D eigenvalue weighted by molar-refractivity contribution is -0.137. The number of thiocarbonyl (C=S) groups is 1. The zero-order valence-electron chi connectivity index (χ0n) is 17.3. The van der Waals surface area contributed by atoms with Crippen LogP contribution in [0.5, 0.6) is 0 Å². The van der Waals surface area contributed by atoms with Crippen LogP contribution in [0.3, 0.4) is 0 Å². The Balaban J connectivity index is 1.69. The van der Waals surface area contributed by atoms with Gasteiger partial charge in [0.2, 0.25) is 0 Å². The van der Waals surface area contributed by atoms with Gasteiger partial charge in [-0.1, -0.05) is 37.4 Å². The van der Waals surface area contributed by atoms with Crippen LogP contribution >= 0.6 is 12.2 Å². The first-order valence-corrected chi connectivity index (χ1v) is 11.3. The summed E-state index contributed by atoms with van der Waals surface area (Å²) in [5, 5.41) is 5.89. The molecule has 31 heavy (non-hydrogen) atoms. The maximum atomic E-state index is 13.5. The van der Waals surface area contributed by atoms with Crippen molar-refractivity contribution in [1.29, 1.82) is 0 Å². The fourth-order valence-electron chi connectivity index (χ4n) is 4.88. The minimum absolute atomic E-state index is 0.351. The summed E-state index contributed by atoms with van der Waals surface area (Å²) in [6.45, 7) is 0.853. The van der Waals surface area contributed by atoms with Crippen LogP contribution in [0, 0.1) is 17.9 Å². The molecule has 1 saturated carbocycles. The summed E-state index contributed by atoms with van der Waals surface area (Å²) < 4.78 is 40.5. The van der Waals surface area contributed by atoms with Gasteiger partial charge >= 0.3 is 6.18 Å². The molecule has 2 fully saturated rings. The number of benzene rings is 1. The van der Waals surface area contributed by atoms with Crippen molar-refractivity contribution in [1.82, 2.24) is 5.32 Å². The third-order valence-corrected chi connectivity index (χ3v) is 6.69. The van der Waals surface area contributed by atoms with E-state index in [9.17, 15) is 13.2 Å². The quantitative estimate of drug-likeness (QED) is 0.441. The Morgan fingerprint density at radius 2 is 1.94 bits per heavy atom. The lowest BCUT2D eigenvalue weighted by Gasteiger charge is -2.43. The van der Waals surface area contributed by atoms with Crippen LogP contribution in [0.1, 0.15) is 50.5 Å². The Morgan fingerprint density at radius 1 is 1.13 bits per heavy atom. The molecule has 1 saturated heterocycles. The molecule has 2 atom stereocenters. The van der Waals surface area contributed by atoms with Crippen LogP contribution in [0.15, 0.2) is 42.1 Å². The average molecular weight is 446 g/mol. The van der Waals surface area contributed by atoms with Gasteiger partial charge in [0.1, 0.15) is 4.99 Å². The normalized spacial score (nSPS) is 23.3. The van der Waals surface area contributed by atoms with Crippen molar-refractivity contribution in [3.8, 4) is 12.0 Å². The Morgan fingerprint density at radius 3 is 2.77 bits per heavy atom. The molecule has 2 aliphatic heterocycles. The summed E-state index contributed by atoms with van der Waals surface area (Å²) >= 11 is 5.52. The highest BCUT2D eigenvalue weighted by atomic mass is 32.1. The van der Waals surface area contributed by atoms with Crippen molar-refractivity contribution < 1.29 is 13.2 Å². The molecule has 2 N–H and O–H groups in total. The number of hydrogen-bond donors (Lipinski definition) is 2. The van der Waals surface area contributed by atoms with E-state index in [-0.39, 0.29) is 0 Å². The second-order valence-corrected chi connectivity index (χ2v) is 8.74. The number of halogens is 3. The first-order chi connectivity index (χ1) is 14.9. The van der Waals surface area contributed by atoms with E-state index in [1.807, 2.05) is 0 Å². The van der Waals surface area contributed by atoms with Crippen LogP contribution in [-0.4, -0.2) is 17.6 Å². The molecule has 0 bridgehead atoms. The Kier molecular flexibility index (Phi) is 6.57. The maximum absolute atomic E-state index is 13.5. The standard InChI is InChI=1S/C24H26F3N3S/c25-24(26,27)19-10-11-22(30-15-5-8-17-6-2-1-3-9-21(17)30)20(16-19)29-23(31)18-7-4-13-28-14-12-18/h7,10-12,14,16-17,21,28H,1-3,5-6,8-9,15H2,(H,29,31)/t17?,21-/m0/s1. The highest BCUT2D eigenvalue weighted by Crippen LogP contribution is 2.41. The maximum Gasteiger partial charge on any atom is 0.416 e. The molecule has 164 valence electrons. The van der Waals surface area contributed by atoms with E-state index in [0.29, 0.717) is 28.2 Å². The lowest BCUT2D eigenvalue weighted by Crippen LogP contribution is -2.45. The summed E-state index contributed by atoms with van der Waals surface area (Å²) in [4.78, 5) is 2.67. The molecule has 0 spiro atoms. The van der Waals surface area contributed by atoms with Crippen LogP contribution in [-0.2, 0) is 6.18 Å². The highest BCUT2D eigenvalue weighted by Gasteiger charge is 2.35. The van der Waals surface area contributed by atoms with Gasteiger partial charge in [0, 0.05) is 36.5 Å². The fraction of sp³-hybridized carbons (Fsp3) is 0.458. The number of nitrogens with zero attached hydrogens (tertiary/aromatic N) is 1.